The number of hydrogen-bond donors (Lipinski definition) is 5. The lowest BCUT2D eigenvalue weighted by molar-refractivity contribution is -0.138. The Balaban J connectivity index is 0.000000204. The van der Waals surface area contributed by atoms with Gasteiger partial charge in [-0.3, -0.25) is 14.4 Å². The van der Waals surface area contributed by atoms with Gasteiger partial charge in [0.25, 0.3) is 17.7 Å². The lowest BCUT2D eigenvalue weighted by Gasteiger charge is -2.13. The second-order valence-electron chi connectivity index (χ2n) is 14.7. The highest BCUT2D eigenvalue weighted by atomic mass is 16.5. The van der Waals surface area contributed by atoms with Crippen LogP contribution in [0.5, 0.6) is 0 Å². The molecule has 0 unspecified atom stereocenters. The second kappa shape index (κ2) is 17.7. The zero-order valence-electron chi connectivity index (χ0n) is 33.4. The lowest BCUT2D eigenvalue weighted by Crippen LogP contribution is -2.37. The van der Waals surface area contributed by atoms with Gasteiger partial charge in [-0.25, -0.2) is 14.2 Å². The van der Waals surface area contributed by atoms with E-state index in [-0.39, 0.29) is 44.9 Å². The van der Waals surface area contributed by atoms with Gasteiger partial charge in [0.15, 0.2) is 11.4 Å². The third-order valence-electron chi connectivity index (χ3n) is 10.5. The molecule has 4 heterocycles. The van der Waals surface area contributed by atoms with E-state index in [1.54, 1.807) is 102 Å². The molecule has 0 saturated carbocycles. The SMILES string of the molecule is C.CN1CC[C@@](O)(C#Cc2cccc(-n3nc(C(N)=O)c4cc(CO)ccc43)c2)C1=O.COC(=O)c1nn(-c2cccc(C#C[C@]3(O)CCN(C)C3=O)c2)c2ccc(CO)cc12. The monoisotopic (exact) mass is 839 g/mol. The van der Waals surface area contributed by atoms with E-state index >= 15 is 0 Å². The Hall–Kier alpha value is -7.34. The van der Waals surface area contributed by atoms with Gasteiger partial charge >= 0.3 is 5.97 Å². The molecule has 0 radical (unpaired) electrons. The molecule has 2 aliphatic rings. The number of benzene rings is 4. The van der Waals surface area contributed by atoms with Gasteiger partial charge in [-0.05, 0) is 71.8 Å². The summed E-state index contributed by atoms with van der Waals surface area (Å²) in [5.74, 6) is 9.08. The van der Waals surface area contributed by atoms with E-state index in [1.807, 2.05) is 6.07 Å². The van der Waals surface area contributed by atoms with Crippen LogP contribution in [-0.2, 0) is 27.5 Å². The number of nitrogens with zero attached hydrogens (tertiary/aromatic N) is 6. The van der Waals surface area contributed by atoms with Crippen LogP contribution in [0.4, 0.5) is 0 Å². The second-order valence-corrected chi connectivity index (χ2v) is 14.7. The zero-order valence-corrected chi connectivity index (χ0v) is 33.4. The molecule has 2 saturated heterocycles. The van der Waals surface area contributed by atoms with Gasteiger partial charge in [-0.15, -0.1) is 0 Å². The predicted molar refractivity (Wildman–Crippen MR) is 229 cm³/mol. The molecule has 0 bridgehead atoms. The molecule has 2 aromatic heterocycles. The Kier molecular flexibility index (Phi) is 12.6. The van der Waals surface area contributed by atoms with Crippen molar-refractivity contribution in [3.05, 3.63) is 119 Å². The number of esters is 1. The first kappa shape index (κ1) is 44.2. The minimum absolute atomic E-state index is 0. The molecule has 3 amide bonds. The summed E-state index contributed by atoms with van der Waals surface area (Å²) in [5, 5.41) is 49.7. The number of carbonyl (C=O) groups excluding carboxylic acids is 4. The van der Waals surface area contributed by atoms with E-state index in [0.29, 0.717) is 68.5 Å². The number of ether oxygens (including phenoxy) is 1. The average Bonchev–Trinajstić information content (AvgIpc) is 4.00. The zero-order chi connectivity index (χ0) is 43.6. The number of rotatable bonds is 6. The number of methoxy groups -OCH3 is 1. The van der Waals surface area contributed by atoms with Gasteiger partial charge in [0.05, 0.1) is 42.7 Å². The molecule has 2 atom stereocenters. The number of likely N-dealkylation sites (N-methyl/N-ethyl adjacent to an activating group) is 2. The van der Waals surface area contributed by atoms with Gasteiger partial charge in [0.1, 0.15) is 0 Å². The van der Waals surface area contributed by atoms with Crippen molar-refractivity contribution in [3.63, 3.8) is 0 Å². The molecule has 0 spiro atoms. The van der Waals surface area contributed by atoms with E-state index in [4.69, 9.17) is 10.5 Å². The van der Waals surface area contributed by atoms with Crippen molar-refractivity contribution in [2.75, 3.05) is 34.3 Å². The molecule has 2 fully saturated rings. The fourth-order valence-corrected chi connectivity index (χ4v) is 7.07. The highest BCUT2D eigenvalue weighted by Crippen LogP contribution is 2.27. The van der Waals surface area contributed by atoms with Crippen molar-refractivity contribution < 1.29 is 44.3 Å². The summed E-state index contributed by atoms with van der Waals surface area (Å²) in [4.78, 5) is 51.2. The number of aliphatic hydroxyl groups is 4. The van der Waals surface area contributed by atoms with Crippen LogP contribution in [0, 0.1) is 23.7 Å². The molecule has 6 aromatic rings. The topological polar surface area (TPSA) is 227 Å². The minimum atomic E-state index is -1.68. The van der Waals surface area contributed by atoms with Crippen molar-refractivity contribution in [3.8, 4) is 35.1 Å². The number of hydrogen-bond acceptors (Lipinski definition) is 11. The summed E-state index contributed by atoms with van der Waals surface area (Å²) in [5.41, 5.74) is 7.42. The van der Waals surface area contributed by atoms with Crippen molar-refractivity contribution in [1.82, 2.24) is 29.4 Å². The summed E-state index contributed by atoms with van der Waals surface area (Å²) in [6.07, 6.45) is 0.516. The maximum atomic E-state index is 12.2. The van der Waals surface area contributed by atoms with Crippen LogP contribution in [0.25, 0.3) is 33.2 Å². The molecular weight excluding hydrogens is 795 g/mol. The fraction of sp³-hybridized carbons (Fsp3) is 0.261. The third kappa shape index (κ3) is 8.49. The number of likely N-dealkylation sites (tertiary alicyclic amines) is 2. The van der Waals surface area contributed by atoms with Crippen LogP contribution in [0.15, 0.2) is 84.9 Å². The first-order valence-corrected chi connectivity index (χ1v) is 19.0. The highest BCUT2D eigenvalue weighted by Gasteiger charge is 2.43. The Bertz CT molecular complexity index is 2880. The molecule has 8 rings (SSSR count). The van der Waals surface area contributed by atoms with Crippen LogP contribution in [0.2, 0.25) is 0 Å². The van der Waals surface area contributed by atoms with Gasteiger partial charge in [0, 0.05) is 61.9 Å². The molecule has 4 aromatic carbocycles. The van der Waals surface area contributed by atoms with Crippen molar-refractivity contribution in [1.29, 1.82) is 0 Å². The van der Waals surface area contributed by atoms with E-state index in [0.717, 1.165) is 0 Å². The number of amides is 3. The van der Waals surface area contributed by atoms with Gasteiger partial charge in [-0.2, -0.15) is 10.2 Å². The van der Waals surface area contributed by atoms with E-state index in [2.05, 4.69) is 33.9 Å². The van der Waals surface area contributed by atoms with Gasteiger partial charge in [0.2, 0.25) is 11.2 Å². The normalized spacial score (nSPS) is 18.0. The Morgan fingerprint density at radius 1 is 0.710 bits per heavy atom. The molecule has 2 aliphatic heterocycles. The first-order chi connectivity index (χ1) is 29.2. The van der Waals surface area contributed by atoms with Crippen molar-refractivity contribution in [2.24, 2.45) is 5.73 Å². The summed E-state index contributed by atoms with van der Waals surface area (Å²) >= 11 is 0. The van der Waals surface area contributed by atoms with Crippen molar-refractivity contribution in [2.45, 2.75) is 44.7 Å². The predicted octanol–water partition coefficient (Wildman–Crippen LogP) is 2.45. The number of fused-ring (bicyclic) bond motifs is 2. The number of aromatic nitrogens is 4. The summed E-state index contributed by atoms with van der Waals surface area (Å²) in [7, 11) is 4.54. The van der Waals surface area contributed by atoms with Gasteiger partial charge < -0.3 is 40.7 Å². The van der Waals surface area contributed by atoms with E-state index in [9.17, 15) is 39.6 Å². The quantitative estimate of drug-likeness (QED) is 0.121. The van der Waals surface area contributed by atoms with Gasteiger partial charge in [-0.1, -0.05) is 55.4 Å². The minimum Gasteiger partial charge on any atom is -0.464 e. The molecule has 6 N–H and O–H groups in total. The van der Waals surface area contributed by atoms with Crippen LogP contribution >= 0.6 is 0 Å². The van der Waals surface area contributed by atoms with Crippen LogP contribution in [-0.4, -0.2) is 119 Å². The summed E-state index contributed by atoms with van der Waals surface area (Å²) in [6, 6.07) is 24.6. The maximum Gasteiger partial charge on any atom is 0.359 e. The van der Waals surface area contributed by atoms with E-state index in [1.165, 1.54) is 16.9 Å². The van der Waals surface area contributed by atoms with Crippen molar-refractivity contribution >= 4 is 45.5 Å². The molecular formula is C46H45N7O9. The van der Waals surface area contributed by atoms with Crippen LogP contribution in [0.3, 0.4) is 0 Å². The maximum absolute atomic E-state index is 12.2. The molecule has 318 valence electrons. The largest absolute Gasteiger partial charge is 0.464 e. The number of primary amides is 1. The first-order valence-electron chi connectivity index (χ1n) is 19.0. The number of nitrogens with two attached hydrogens (primary N) is 1. The van der Waals surface area contributed by atoms with Crippen LogP contribution < -0.4 is 5.73 Å². The summed E-state index contributed by atoms with van der Waals surface area (Å²) in [6.45, 7) is 0.579. The molecule has 62 heavy (non-hydrogen) atoms. The molecule has 16 nitrogen and oxygen atoms in total. The third-order valence-corrected chi connectivity index (χ3v) is 10.5. The average molecular weight is 840 g/mol. The highest BCUT2D eigenvalue weighted by molar-refractivity contribution is 6.05. The van der Waals surface area contributed by atoms with Crippen LogP contribution in [0.1, 0.15) is 63.5 Å². The van der Waals surface area contributed by atoms with E-state index < -0.39 is 34.9 Å². The summed E-state index contributed by atoms with van der Waals surface area (Å²) < 4.78 is 8.02. The number of aliphatic hydroxyl groups excluding tert-OH is 2. The smallest absolute Gasteiger partial charge is 0.359 e. The molecule has 0 aliphatic carbocycles. The standard InChI is InChI=1S/C23H21N3O5.C22H20N4O4.CH4/c1-25-11-10-23(30,22(25)29)9-8-15-4-3-5-17(12-15)26-19-7-6-16(14-27)13-18(19)20(24-26)21(28)31-2;1-25-10-9-22(30,21(25)29)8-7-14-3-2-4-16(11-14)26-18-6-5-15(13-27)12-17(18)19(24-26)20(23)28;/h3-7,12-13,27,30H,10-11,14H2,1-2H3;2-6,11-12,27,30H,9-10,13H2,1H3,(H2,23,28);1H4/t23-;22-;/m00./s1. The fourth-order valence-electron chi connectivity index (χ4n) is 7.07. The Labute approximate surface area is 356 Å². The Morgan fingerprint density at radius 2 is 1.15 bits per heavy atom. The Morgan fingerprint density at radius 3 is 1.53 bits per heavy atom. The lowest BCUT2D eigenvalue weighted by atomic mass is 10.0. The molecule has 16 heteroatoms. The number of carbonyl (C=O) groups is 4.